The van der Waals surface area contributed by atoms with Gasteiger partial charge in [-0.2, -0.15) is 0 Å². The summed E-state index contributed by atoms with van der Waals surface area (Å²) in [7, 11) is 0. The molecule has 0 radical (unpaired) electrons. The molecule has 5 nitrogen and oxygen atoms in total. The average Bonchev–Trinajstić information content (AvgIpc) is 2.35. The number of anilines is 1. The third-order valence-corrected chi connectivity index (χ3v) is 2.23. The van der Waals surface area contributed by atoms with Crippen LogP contribution in [0.1, 0.15) is 33.3 Å². The summed E-state index contributed by atoms with van der Waals surface area (Å²) < 4.78 is 9.97. The second-order valence-electron chi connectivity index (χ2n) is 5.34. The van der Waals surface area contributed by atoms with Crippen molar-refractivity contribution >= 4 is 23.8 Å². The molecule has 0 aliphatic rings. The van der Waals surface area contributed by atoms with Gasteiger partial charge in [-0.3, -0.25) is 5.32 Å². The molecule has 0 saturated heterocycles. The smallest absolute Gasteiger partial charge is 0.412 e. The van der Waals surface area contributed by atoms with E-state index in [2.05, 4.69) is 5.32 Å². The highest BCUT2D eigenvalue weighted by molar-refractivity contribution is 5.88. The van der Waals surface area contributed by atoms with Gasteiger partial charge in [0, 0.05) is 11.8 Å². The molecule has 1 amide bonds. The molecule has 21 heavy (non-hydrogen) atoms. The fourth-order valence-electron chi connectivity index (χ4n) is 1.50. The van der Waals surface area contributed by atoms with Gasteiger partial charge in [0.15, 0.2) is 0 Å². The Labute approximate surface area is 124 Å². The second kappa shape index (κ2) is 7.47. The molecule has 0 spiro atoms. The predicted molar refractivity (Wildman–Crippen MR) is 82.0 cm³/mol. The van der Waals surface area contributed by atoms with Gasteiger partial charge >= 0.3 is 12.1 Å². The summed E-state index contributed by atoms with van der Waals surface area (Å²) >= 11 is 0. The topological polar surface area (TPSA) is 64.6 Å². The highest BCUT2D eigenvalue weighted by Crippen LogP contribution is 2.14. The molecule has 0 aromatic heterocycles. The van der Waals surface area contributed by atoms with Crippen LogP contribution in [0.3, 0.4) is 0 Å². The fourth-order valence-corrected chi connectivity index (χ4v) is 1.50. The van der Waals surface area contributed by atoms with Crippen LogP contribution in [-0.2, 0) is 14.3 Å². The maximum Gasteiger partial charge on any atom is 0.412 e. The lowest BCUT2D eigenvalue weighted by atomic mass is 10.2. The van der Waals surface area contributed by atoms with Crippen molar-refractivity contribution in [2.45, 2.75) is 33.3 Å². The Hall–Kier alpha value is -2.30. The van der Waals surface area contributed by atoms with Crippen molar-refractivity contribution in [3.8, 4) is 0 Å². The summed E-state index contributed by atoms with van der Waals surface area (Å²) in [5.41, 5.74) is 0.817. The minimum atomic E-state index is -0.550. The number of carbonyl (C=O) groups is 2. The predicted octanol–water partition coefficient (Wildman–Crippen LogP) is 3.61. The number of esters is 1. The molecule has 0 aliphatic carbocycles. The molecule has 0 saturated carbocycles. The molecule has 0 heterocycles. The van der Waals surface area contributed by atoms with Gasteiger partial charge in [-0.05, 0) is 51.5 Å². The Bertz CT molecular complexity index is 529. The van der Waals surface area contributed by atoms with Gasteiger partial charge in [-0.15, -0.1) is 0 Å². The molecule has 1 aromatic carbocycles. The van der Waals surface area contributed by atoms with Crippen molar-refractivity contribution < 1.29 is 19.1 Å². The zero-order valence-corrected chi connectivity index (χ0v) is 12.8. The van der Waals surface area contributed by atoms with E-state index >= 15 is 0 Å². The first-order chi connectivity index (χ1) is 9.80. The van der Waals surface area contributed by atoms with Crippen LogP contribution >= 0.6 is 0 Å². The molecule has 5 heteroatoms. The van der Waals surface area contributed by atoms with Gasteiger partial charge in [0.2, 0.25) is 0 Å². The van der Waals surface area contributed by atoms with Gasteiger partial charge in [0.05, 0.1) is 6.61 Å². The number of nitrogens with one attached hydrogen (secondary N) is 1. The van der Waals surface area contributed by atoms with Gasteiger partial charge in [-0.25, -0.2) is 9.59 Å². The standard InChI is InChI=1S/C16H21NO4/c1-5-20-14(18)10-9-12-7-6-8-13(11-12)17-15(19)21-16(2,3)4/h6-11H,5H2,1-4H3,(H,17,19)/b10-9+. The Balaban J connectivity index is 2.68. The van der Waals surface area contributed by atoms with Gasteiger partial charge in [-0.1, -0.05) is 12.1 Å². The third kappa shape index (κ3) is 7.15. The van der Waals surface area contributed by atoms with E-state index in [-0.39, 0.29) is 0 Å². The molecular formula is C16H21NO4. The molecule has 0 bridgehead atoms. The van der Waals surface area contributed by atoms with Crippen LogP contribution in [0, 0.1) is 0 Å². The van der Waals surface area contributed by atoms with Crippen LogP contribution in [0.4, 0.5) is 10.5 Å². The first kappa shape index (κ1) is 16.8. The fraction of sp³-hybridized carbons (Fsp3) is 0.375. The normalized spacial score (nSPS) is 11.2. The van der Waals surface area contributed by atoms with E-state index < -0.39 is 17.7 Å². The first-order valence-electron chi connectivity index (χ1n) is 6.75. The molecule has 0 unspecified atom stereocenters. The Kier molecular flexibility index (Phi) is 5.96. The quantitative estimate of drug-likeness (QED) is 0.680. The van der Waals surface area contributed by atoms with Gasteiger partial charge in [0.25, 0.3) is 0 Å². The van der Waals surface area contributed by atoms with Crippen molar-refractivity contribution in [2.75, 3.05) is 11.9 Å². The number of ether oxygens (including phenoxy) is 2. The Morgan fingerprint density at radius 1 is 1.29 bits per heavy atom. The van der Waals surface area contributed by atoms with Crippen LogP contribution in [0.5, 0.6) is 0 Å². The molecule has 0 atom stereocenters. The first-order valence-corrected chi connectivity index (χ1v) is 6.75. The molecule has 114 valence electrons. The van der Waals surface area contributed by atoms with Crippen LogP contribution in [0.25, 0.3) is 6.08 Å². The van der Waals surface area contributed by atoms with E-state index in [1.165, 1.54) is 6.08 Å². The summed E-state index contributed by atoms with van der Waals surface area (Å²) in [4.78, 5) is 22.9. The van der Waals surface area contributed by atoms with E-state index in [1.807, 2.05) is 6.07 Å². The second-order valence-corrected chi connectivity index (χ2v) is 5.34. The average molecular weight is 291 g/mol. The van der Waals surface area contributed by atoms with Crippen molar-refractivity contribution in [3.63, 3.8) is 0 Å². The lowest BCUT2D eigenvalue weighted by molar-refractivity contribution is -0.137. The Morgan fingerprint density at radius 2 is 2.00 bits per heavy atom. The summed E-state index contributed by atoms with van der Waals surface area (Å²) in [5.74, 6) is -0.400. The third-order valence-electron chi connectivity index (χ3n) is 2.23. The lowest BCUT2D eigenvalue weighted by Gasteiger charge is -2.19. The van der Waals surface area contributed by atoms with Gasteiger partial charge < -0.3 is 9.47 Å². The van der Waals surface area contributed by atoms with Crippen molar-refractivity contribution in [2.24, 2.45) is 0 Å². The highest BCUT2D eigenvalue weighted by atomic mass is 16.6. The zero-order valence-electron chi connectivity index (χ0n) is 12.8. The number of hydrogen-bond acceptors (Lipinski definition) is 4. The van der Waals surface area contributed by atoms with E-state index in [9.17, 15) is 9.59 Å². The minimum absolute atomic E-state index is 0.337. The van der Waals surface area contributed by atoms with Crippen LogP contribution in [0.2, 0.25) is 0 Å². The lowest BCUT2D eigenvalue weighted by Crippen LogP contribution is -2.27. The molecule has 1 rings (SSSR count). The Morgan fingerprint density at radius 3 is 2.62 bits per heavy atom. The molecule has 1 N–H and O–H groups in total. The summed E-state index contributed by atoms with van der Waals surface area (Å²) in [5, 5.41) is 2.64. The van der Waals surface area contributed by atoms with E-state index in [0.29, 0.717) is 12.3 Å². The van der Waals surface area contributed by atoms with Gasteiger partial charge in [0.1, 0.15) is 5.60 Å². The van der Waals surface area contributed by atoms with Crippen molar-refractivity contribution in [3.05, 3.63) is 35.9 Å². The molecular weight excluding hydrogens is 270 g/mol. The van der Waals surface area contributed by atoms with Crippen LogP contribution < -0.4 is 5.32 Å². The summed E-state index contributed by atoms with van der Waals surface area (Å²) in [6.07, 6.45) is 2.45. The summed E-state index contributed by atoms with van der Waals surface area (Å²) in [6, 6.07) is 7.07. The maximum absolute atomic E-state index is 11.7. The number of hydrogen-bond donors (Lipinski definition) is 1. The molecule has 0 aliphatic heterocycles. The zero-order chi connectivity index (χ0) is 15.9. The molecule has 0 fully saturated rings. The van der Waals surface area contributed by atoms with Crippen LogP contribution in [0.15, 0.2) is 30.3 Å². The van der Waals surface area contributed by atoms with Crippen LogP contribution in [-0.4, -0.2) is 24.3 Å². The SMILES string of the molecule is CCOC(=O)/C=C/c1cccc(NC(=O)OC(C)(C)C)c1. The van der Waals surface area contributed by atoms with E-state index in [4.69, 9.17) is 9.47 Å². The number of carbonyl (C=O) groups excluding carboxylic acids is 2. The number of amides is 1. The maximum atomic E-state index is 11.7. The van der Waals surface area contributed by atoms with Crippen molar-refractivity contribution in [1.29, 1.82) is 0 Å². The highest BCUT2D eigenvalue weighted by Gasteiger charge is 2.16. The number of rotatable bonds is 4. The largest absolute Gasteiger partial charge is 0.463 e. The monoisotopic (exact) mass is 291 g/mol. The number of benzene rings is 1. The van der Waals surface area contributed by atoms with E-state index in [1.54, 1.807) is 52.0 Å². The molecule has 1 aromatic rings. The minimum Gasteiger partial charge on any atom is -0.463 e. The van der Waals surface area contributed by atoms with Crippen molar-refractivity contribution in [1.82, 2.24) is 0 Å². The van der Waals surface area contributed by atoms with E-state index in [0.717, 1.165) is 5.56 Å². The summed E-state index contributed by atoms with van der Waals surface area (Å²) in [6.45, 7) is 7.47.